The lowest BCUT2D eigenvalue weighted by Gasteiger charge is -2.31. The van der Waals surface area contributed by atoms with Gasteiger partial charge < -0.3 is 14.5 Å². The fourth-order valence-electron chi connectivity index (χ4n) is 3.47. The lowest BCUT2D eigenvalue weighted by Crippen LogP contribution is -2.33. The summed E-state index contributed by atoms with van der Waals surface area (Å²) in [6.07, 6.45) is 3.31. The van der Waals surface area contributed by atoms with E-state index in [4.69, 9.17) is 9.15 Å². The van der Waals surface area contributed by atoms with Gasteiger partial charge in [-0.2, -0.15) is 0 Å². The maximum atomic E-state index is 6.09. The Hall–Kier alpha value is -1.32. The quantitative estimate of drug-likeness (QED) is 0.900. The van der Waals surface area contributed by atoms with Crippen LogP contribution in [-0.2, 0) is 11.2 Å². The molecule has 0 aliphatic carbocycles. The number of ether oxygens (including phenoxy) is 1. The van der Waals surface area contributed by atoms with E-state index >= 15 is 0 Å². The molecule has 3 heteroatoms. The van der Waals surface area contributed by atoms with Gasteiger partial charge in [0.25, 0.3) is 0 Å². The standard InChI is InChI=1S/C18H25NO2/c1-3-15-17(14-9-5-6-10-16(14)21-15)18(19-4-2)13-8-7-11-20-12-13/h5-6,9-10,13,18-19H,3-4,7-8,11-12H2,1-2H3. The van der Waals surface area contributed by atoms with E-state index in [2.05, 4.69) is 37.4 Å². The summed E-state index contributed by atoms with van der Waals surface area (Å²) >= 11 is 0. The third-order valence-electron chi connectivity index (χ3n) is 4.43. The van der Waals surface area contributed by atoms with E-state index in [-0.39, 0.29) is 0 Å². The number of fused-ring (bicyclic) bond motifs is 1. The Labute approximate surface area is 126 Å². The molecule has 3 rings (SSSR count). The fourth-order valence-corrected chi connectivity index (χ4v) is 3.47. The number of hydrogen-bond acceptors (Lipinski definition) is 3. The molecule has 0 radical (unpaired) electrons. The van der Waals surface area contributed by atoms with Crippen LogP contribution in [0.2, 0.25) is 0 Å². The number of para-hydroxylation sites is 1. The van der Waals surface area contributed by atoms with Crippen LogP contribution in [0.1, 0.15) is 44.1 Å². The molecular formula is C18H25NO2. The van der Waals surface area contributed by atoms with Crippen molar-refractivity contribution in [3.05, 3.63) is 35.6 Å². The molecule has 1 aliphatic heterocycles. The summed E-state index contributed by atoms with van der Waals surface area (Å²) in [6, 6.07) is 8.72. The normalized spacial score (nSPS) is 20.8. The van der Waals surface area contributed by atoms with Crippen molar-refractivity contribution in [2.75, 3.05) is 19.8 Å². The van der Waals surface area contributed by atoms with Crippen LogP contribution in [0.5, 0.6) is 0 Å². The highest BCUT2D eigenvalue weighted by Gasteiger charge is 2.29. The minimum Gasteiger partial charge on any atom is -0.461 e. The third-order valence-corrected chi connectivity index (χ3v) is 4.43. The molecule has 21 heavy (non-hydrogen) atoms. The minimum atomic E-state index is 0.328. The van der Waals surface area contributed by atoms with E-state index in [9.17, 15) is 0 Å². The van der Waals surface area contributed by atoms with Crippen LogP contribution in [0.25, 0.3) is 11.0 Å². The van der Waals surface area contributed by atoms with Gasteiger partial charge in [0, 0.05) is 35.9 Å². The van der Waals surface area contributed by atoms with Crippen molar-refractivity contribution in [3.8, 4) is 0 Å². The molecule has 1 aromatic carbocycles. The van der Waals surface area contributed by atoms with Crippen molar-refractivity contribution in [3.63, 3.8) is 0 Å². The summed E-state index contributed by atoms with van der Waals surface area (Å²) in [6.45, 7) is 7.05. The van der Waals surface area contributed by atoms with E-state index in [0.717, 1.165) is 43.9 Å². The Morgan fingerprint density at radius 2 is 2.14 bits per heavy atom. The second-order valence-corrected chi connectivity index (χ2v) is 5.80. The summed E-state index contributed by atoms with van der Waals surface area (Å²) in [7, 11) is 0. The van der Waals surface area contributed by atoms with Crippen molar-refractivity contribution < 1.29 is 9.15 Å². The minimum absolute atomic E-state index is 0.328. The molecule has 1 aliphatic rings. The third kappa shape index (κ3) is 2.85. The molecule has 1 aromatic heterocycles. The van der Waals surface area contributed by atoms with Crippen molar-refractivity contribution in [1.29, 1.82) is 0 Å². The van der Waals surface area contributed by atoms with Crippen LogP contribution >= 0.6 is 0 Å². The number of aryl methyl sites for hydroxylation is 1. The predicted molar refractivity (Wildman–Crippen MR) is 85.6 cm³/mol. The lowest BCUT2D eigenvalue weighted by atomic mass is 9.87. The highest BCUT2D eigenvalue weighted by atomic mass is 16.5. The van der Waals surface area contributed by atoms with Gasteiger partial charge in [-0.05, 0) is 25.5 Å². The van der Waals surface area contributed by atoms with Gasteiger partial charge >= 0.3 is 0 Å². The first-order valence-corrected chi connectivity index (χ1v) is 8.16. The monoisotopic (exact) mass is 287 g/mol. The molecule has 1 saturated heterocycles. The van der Waals surface area contributed by atoms with E-state index in [1.807, 2.05) is 6.07 Å². The molecule has 0 saturated carbocycles. The summed E-state index contributed by atoms with van der Waals surface area (Å²) in [5.74, 6) is 1.65. The van der Waals surface area contributed by atoms with Crippen LogP contribution in [-0.4, -0.2) is 19.8 Å². The number of rotatable bonds is 5. The van der Waals surface area contributed by atoms with Gasteiger partial charge in [0.2, 0.25) is 0 Å². The molecule has 0 amide bonds. The lowest BCUT2D eigenvalue weighted by molar-refractivity contribution is 0.0392. The van der Waals surface area contributed by atoms with Gasteiger partial charge in [0.15, 0.2) is 0 Å². The summed E-state index contributed by atoms with van der Waals surface area (Å²) in [4.78, 5) is 0. The highest BCUT2D eigenvalue weighted by Crippen LogP contribution is 2.37. The maximum Gasteiger partial charge on any atom is 0.134 e. The Kier molecular flexibility index (Phi) is 4.61. The van der Waals surface area contributed by atoms with Crippen molar-refractivity contribution in [2.24, 2.45) is 5.92 Å². The smallest absolute Gasteiger partial charge is 0.134 e. The zero-order valence-corrected chi connectivity index (χ0v) is 13.0. The van der Waals surface area contributed by atoms with Crippen molar-refractivity contribution >= 4 is 11.0 Å². The number of nitrogens with one attached hydrogen (secondary N) is 1. The number of furan rings is 1. The average Bonchev–Trinajstić information content (AvgIpc) is 2.92. The molecule has 0 bridgehead atoms. The first kappa shape index (κ1) is 14.6. The zero-order valence-electron chi connectivity index (χ0n) is 13.0. The molecule has 2 heterocycles. The van der Waals surface area contributed by atoms with E-state index in [1.165, 1.54) is 17.4 Å². The molecular weight excluding hydrogens is 262 g/mol. The molecule has 1 fully saturated rings. The Balaban J connectivity index is 2.04. The van der Waals surface area contributed by atoms with Gasteiger partial charge in [-0.1, -0.05) is 32.0 Å². The summed E-state index contributed by atoms with van der Waals surface area (Å²) in [5, 5.41) is 4.94. The Bertz CT molecular complexity index is 584. The molecule has 0 spiro atoms. The van der Waals surface area contributed by atoms with E-state index < -0.39 is 0 Å². The highest BCUT2D eigenvalue weighted by molar-refractivity contribution is 5.82. The number of hydrogen-bond donors (Lipinski definition) is 1. The van der Waals surface area contributed by atoms with E-state index in [1.54, 1.807) is 0 Å². The molecule has 3 nitrogen and oxygen atoms in total. The number of benzene rings is 1. The molecule has 2 unspecified atom stereocenters. The molecule has 2 atom stereocenters. The zero-order chi connectivity index (χ0) is 14.7. The maximum absolute atomic E-state index is 6.09. The van der Waals surface area contributed by atoms with Gasteiger partial charge in [-0.3, -0.25) is 0 Å². The SMILES string of the molecule is CCNC(c1c(CC)oc2ccccc12)C1CCCOC1. The van der Waals surface area contributed by atoms with Crippen molar-refractivity contribution in [1.82, 2.24) is 5.32 Å². The second kappa shape index (κ2) is 6.63. The predicted octanol–water partition coefficient (Wildman–Crippen LogP) is 4.07. The summed E-state index contributed by atoms with van der Waals surface area (Å²) in [5.41, 5.74) is 2.36. The van der Waals surface area contributed by atoms with Gasteiger partial charge in [-0.15, -0.1) is 0 Å². The molecule has 2 aromatic rings. The second-order valence-electron chi connectivity index (χ2n) is 5.80. The van der Waals surface area contributed by atoms with Crippen LogP contribution in [0, 0.1) is 5.92 Å². The van der Waals surface area contributed by atoms with Crippen LogP contribution in [0.15, 0.2) is 28.7 Å². The topological polar surface area (TPSA) is 34.4 Å². The Morgan fingerprint density at radius 1 is 1.29 bits per heavy atom. The molecule has 114 valence electrons. The molecule has 1 N–H and O–H groups in total. The summed E-state index contributed by atoms with van der Waals surface area (Å²) < 4.78 is 11.8. The van der Waals surface area contributed by atoms with Gasteiger partial charge in [-0.25, -0.2) is 0 Å². The fraction of sp³-hybridized carbons (Fsp3) is 0.556. The largest absolute Gasteiger partial charge is 0.461 e. The first-order valence-electron chi connectivity index (χ1n) is 8.16. The first-order chi connectivity index (χ1) is 10.3. The van der Waals surface area contributed by atoms with E-state index in [0.29, 0.717) is 12.0 Å². The van der Waals surface area contributed by atoms with Gasteiger partial charge in [0.05, 0.1) is 6.61 Å². The average molecular weight is 287 g/mol. The van der Waals surface area contributed by atoms with Crippen LogP contribution in [0.4, 0.5) is 0 Å². The van der Waals surface area contributed by atoms with Crippen molar-refractivity contribution in [2.45, 2.75) is 39.2 Å². The van der Waals surface area contributed by atoms with Crippen LogP contribution < -0.4 is 5.32 Å². The Morgan fingerprint density at radius 3 is 2.86 bits per heavy atom. The van der Waals surface area contributed by atoms with Crippen LogP contribution in [0.3, 0.4) is 0 Å². The van der Waals surface area contributed by atoms with Gasteiger partial charge in [0.1, 0.15) is 11.3 Å².